The SMILES string of the molecule is C=C1CC2([CH](C)[RaH])C(=C)C[C]2([Rb])C1CO. The molecule has 4 unspecified atom stereocenters. The summed E-state index contributed by atoms with van der Waals surface area (Å²) in [6.07, 6.45) is 2.34. The maximum absolute atomic E-state index is 9.57. The maximum atomic E-state index is 9.57. The van der Waals surface area contributed by atoms with Crippen LogP contribution >= 0.6 is 0 Å². The van der Waals surface area contributed by atoms with E-state index in [0.29, 0.717) is 115 Å². The van der Waals surface area contributed by atoms with E-state index >= 15 is 0 Å². The number of aliphatic hydroxyl groups is 1. The number of aliphatic hydroxyl groups excluding tert-OH is 1. The Morgan fingerprint density at radius 2 is 2.20 bits per heavy atom. The summed E-state index contributed by atoms with van der Waals surface area (Å²) >= 11 is 1.11. The molecule has 4 atom stereocenters. The average Bonchev–Trinajstić information content (AvgIpc) is 2.30. The molecule has 15 heavy (non-hydrogen) atoms. The van der Waals surface area contributed by atoms with E-state index < -0.39 is 0 Å². The molecule has 0 heterocycles. The number of rotatable bonds is 2. The first-order valence-electron chi connectivity index (χ1n) is 5.87. The number of hydrogen-bond acceptors (Lipinski definition) is 1. The van der Waals surface area contributed by atoms with Crippen LogP contribution in [-0.2, 0) is 0 Å². The Balaban J connectivity index is 2.46. The first kappa shape index (κ1) is 14.1. The van der Waals surface area contributed by atoms with Crippen molar-refractivity contribution in [2.75, 3.05) is 6.61 Å². The van der Waals surface area contributed by atoms with Gasteiger partial charge in [-0.15, -0.1) is 0 Å². The van der Waals surface area contributed by atoms with Gasteiger partial charge in [-0.3, -0.25) is 0 Å². The second-order valence-corrected chi connectivity index (χ2v) is 17.4. The zero-order valence-corrected chi connectivity index (χ0v) is 23.3. The van der Waals surface area contributed by atoms with Crippen molar-refractivity contribution in [1.82, 2.24) is 0 Å². The molecular formula is C12H17ORaRb. The molecule has 0 amide bonds. The Morgan fingerprint density at radius 1 is 1.60 bits per heavy atom. The van der Waals surface area contributed by atoms with Gasteiger partial charge in [0.15, 0.2) is 0 Å². The second-order valence-electron chi connectivity index (χ2n) is 5.89. The van der Waals surface area contributed by atoms with Crippen molar-refractivity contribution in [1.29, 1.82) is 0 Å². The topological polar surface area (TPSA) is 20.2 Å². The molecule has 1 N–H and O–H groups in total. The molecule has 0 bridgehead atoms. The molecule has 2 rings (SSSR count). The van der Waals surface area contributed by atoms with Gasteiger partial charge in [-0.25, -0.2) is 0 Å². The van der Waals surface area contributed by atoms with E-state index in [9.17, 15) is 5.11 Å². The molecule has 2 saturated carbocycles. The van der Waals surface area contributed by atoms with Crippen LogP contribution < -0.4 is 0 Å². The van der Waals surface area contributed by atoms with E-state index in [2.05, 4.69) is 20.1 Å². The molecule has 1 nitrogen and oxygen atoms in total. The summed E-state index contributed by atoms with van der Waals surface area (Å²) < 4.78 is 1.36. The zero-order chi connectivity index (χ0) is 11.4. The minimum absolute atomic E-state index is 0.325. The van der Waals surface area contributed by atoms with Gasteiger partial charge in [0, 0.05) is 0 Å². The molecule has 0 aromatic heterocycles. The van der Waals surface area contributed by atoms with Crippen molar-refractivity contribution in [3.05, 3.63) is 24.3 Å². The van der Waals surface area contributed by atoms with Crippen LogP contribution in [0.15, 0.2) is 24.3 Å². The molecule has 0 spiro atoms. The van der Waals surface area contributed by atoms with Gasteiger partial charge in [0.25, 0.3) is 0 Å². The summed E-state index contributed by atoms with van der Waals surface area (Å²) in [6, 6.07) is 0. The van der Waals surface area contributed by atoms with Crippen LogP contribution in [-0.4, -0.2) is 67.3 Å². The van der Waals surface area contributed by atoms with Gasteiger partial charge < -0.3 is 0 Å². The summed E-state index contributed by atoms with van der Waals surface area (Å²) in [4.78, 5) is 0. The quantitative estimate of drug-likeness (QED) is 0.589. The van der Waals surface area contributed by atoms with E-state index in [0.717, 1.165) is 7.38 Å². The predicted molar refractivity (Wildman–Crippen MR) is 59.8 cm³/mol. The van der Waals surface area contributed by atoms with Gasteiger partial charge in [0.05, 0.1) is 0 Å². The molecule has 0 aromatic carbocycles. The van der Waals surface area contributed by atoms with E-state index in [1.807, 2.05) is 0 Å². The summed E-state index contributed by atoms with van der Waals surface area (Å²) in [5, 5.41) is 9.57. The molecule has 0 aromatic rings. The van der Waals surface area contributed by atoms with E-state index in [1.54, 1.807) is 0 Å². The molecule has 3 heteroatoms. The summed E-state index contributed by atoms with van der Waals surface area (Å²) in [7, 11) is 0. The molecule has 0 saturated heterocycles. The number of allylic oxidation sites excluding steroid dienone is 1. The molecule has 0 aliphatic heterocycles. The predicted octanol–water partition coefficient (Wildman–Crippen LogP) is 1.92. The summed E-state index contributed by atoms with van der Waals surface area (Å²) in [6.45, 7) is 11.2. The van der Waals surface area contributed by atoms with Gasteiger partial charge in [-0.2, -0.15) is 0 Å². The van der Waals surface area contributed by atoms with Crippen molar-refractivity contribution in [3.8, 4) is 0 Å². The van der Waals surface area contributed by atoms with Crippen molar-refractivity contribution >= 4 is 55.5 Å². The molecular weight excluding hydrogens is 472 g/mol. The van der Waals surface area contributed by atoms with E-state index in [-0.39, 0.29) is 0 Å². The van der Waals surface area contributed by atoms with Gasteiger partial charge in [-0.05, 0) is 0 Å². The van der Waals surface area contributed by atoms with Crippen molar-refractivity contribution in [3.63, 3.8) is 0 Å². The molecule has 74 valence electrons. The Morgan fingerprint density at radius 3 is 2.53 bits per heavy atom. The Kier molecular flexibility index (Phi) is 4.40. The van der Waals surface area contributed by atoms with Gasteiger partial charge >= 0.3 is 165 Å². The third kappa shape index (κ3) is 1.73. The van der Waals surface area contributed by atoms with Crippen LogP contribution in [0, 0.1) is 54.1 Å². The van der Waals surface area contributed by atoms with Crippen molar-refractivity contribution in [2.24, 2.45) is 11.3 Å². The fourth-order valence-corrected chi connectivity index (χ4v) is 20.6. The van der Waals surface area contributed by atoms with Gasteiger partial charge in [-0.1, -0.05) is 0 Å². The number of fused-ring (bicyclic) bond motifs is 1. The van der Waals surface area contributed by atoms with Crippen LogP contribution in [0.25, 0.3) is 0 Å². The van der Waals surface area contributed by atoms with Crippen molar-refractivity contribution in [2.45, 2.75) is 19.2 Å². The van der Waals surface area contributed by atoms with E-state index in [4.69, 9.17) is 0 Å². The van der Waals surface area contributed by atoms with Crippen LogP contribution in [0.5, 0.6) is 0 Å². The molecule has 2 aliphatic carbocycles. The zero-order valence-electron chi connectivity index (χ0n) is 10.1. The minimum atomic E-state index is 0.325. The van der Waals surface area contributed by atoms with Gasteiger partial charge in [0.2, 0.25) is 0 Å². The monoisotopic (exact) mass is 488 g/mol. The first-order valence-corrected chi connectivity index (χ1v) is 13.1. The average molecular weight is 489 g/mol. The van der Waals surface area contributed by atoms with Crippen molar-refractivity contribution < 1.29 is 47.9 Å². The molecule has 2 aliphatic rings. The van der Waals surface area contributed by atoms with E-state index in [1.165, 1.54) is 17.6 Å². The molecule has 0 radical (unpaired) electrons. The van der Waals surface area contributed by atoms with Gasteiger partial charge in [0.1, 0.15) is 0 Å². The normalized spacial score (nSPS) is 46.2. The second kappa shape index (κ2) is 4.67. The van der Waals surface area contributed by atoms with Crippen LogP contribution in [0.1, 0.15) is 19.8 Å². The first-order chi connectivity index (χ1) is 6.90. The third-order valence-electron chi connectivity index (χ3n) is 5.17. The summed E-state index contributed by atoms with van der Waals surface area (Å²) in [5.41, 5.74) is 3.22. The van der Waals surface area contributed by atoms with Crippen LogP contribution in [0.3, 0.4) is 0 Å². The molecule has 2 fully saturated rings. The Hall–Kier alpha value is 2.71. The van der Waals surface area contributed by atoms with Crippen LogP contribution in [0.4, 0.5) is 0 Å². The Labute approximate surface area is 161 Å². The van der Waals surface area contributed by atoms with Crippen LogP contribution in [0.2, 0.25) is -0.558 Å². The fraction of sp³-hybridized carbons (Fsp3) is 0.667. The third-order valence-corrected chi connectivity index (χ3v) is 14.0. The summed E-state index contributed by atoms with van der Waals surface area (Å²) in [5.74, 6) is 0.413. The standard InChI is InChI=1S/C12H16O.Ra.Rb.H/c1-4-12-6-8(2)10(7-13)11(12)5-9(12)3;;;/h4,10,13H,2-3,5-7H2,1H3;;;. The number of hydrogen-bond donors (Lipinski definition) is 1. The fourth-order valence-electron chi connectivity index (χ4n) is 4.35. The Bertz CT molecular complexity index is 339.